The normalized spacial score (nSPS) is 19.0. The van der Waals surface area contributed by atoms with E-state index in [2.05, 4.69) is 61.9 Å². The lowest BCUT2D eigenvalue weighted by Gasteiger charge is -2.28. The van der Waals surface area contributed by atoms with Gasteiger partial charge in [0.25, 0.3) is 0 Å². The van der Waals surface area contributed by atoms with Gasteiger partial charge in [0.05, 0.1) is 4.47 Å². The third-order valence-corrected chi connectivity index (χ3v) is 4.57. The van der Waals surface area contributed by atoms with Crippen LogP contribution in [0.25, 0.3) is 0 Å². The molecule has 21 heavy (non-hydrogen) atoms. The molecule has 118 valence electrons. The van der Waals surface area contributed by atoms with Crippen molar-refractivity contribution < 1.29 is 0 Å². The van der Waals surface area contributed by atoms with Crippen LogP contribution in [0.15, 0.2) is 10.7 Å². The lowest BCUT2D eigenvalue weighted by Crippen LogP contribution is -2.39. The second-order valence-corrected chi connectivity index (χ2v) is 6.45. The van der Waals surface area contributed by atoms with E-state index in [-0.39, 0.29) is 0 Å². The summed E-state index contributed by atoms with van der Waals surface area (Å²) in [6, 6.07) is 0.633. The van der Waals surface area contributed by atoms with Gasteiger partial charge in [0, 0.05) is 32.4 Å². The first-order valence-electron chi connectivity index (χ1n) is 7.87. The highest BCUT2D eigenvalue weighted by Crippen LogP contribution is 2.25. The number of hydrogen-bond donors (Lipinski definition) is 1. The van der Waals surface area contributed by atoms with E-state index in [1.807, 2.05) is 6.20 Å². The summed E-state index contributed by atoms with van der Waals surface area (Å²) in [7, 11) is 2.11. The van der Waals surface area contributed by atoms with Crippen LogP contribution in [0.4, 0.5) is 11.8 Å². The van der Waals surface area contributed by atoms with E-state index in [1.54, 1.807) is 0 Å². The molecule has 0 aromatic carbocycles. The minimum absolute atomic E-state index is 0.633. The number of aromatic nitrogens is 2. The molecular formula is C15H26BrN5. The maximum Gasteiger partial charge on any atom is 0.224 e. The molecule has 2 rings (SSSR count). The largest absolute Gasteiger partial charge is 0.357 e. The van der Waals surface area contributed by atoms with Crippen molar-refractivity contribution in [3.8, 4) is 0 Å². The lowest BCUT2D eigenvalue weighted by molar-refractivity contribution is 0.270. The van der Waals surface area contributed by atoms with Gasteiger partial charge in [-0.2, -0.15) is 4.98 Å². The van der Waals surface area contributed by atoms with Crippen LogP contribution in [0.3, 0.4) is 0 Å². The lowest BCUT2D eigenvalue weighted by atomic mass is 10.2. The van der Waals surface area contributed by atoms with Gasteiger partial charge in [0.15, 0.2) is 0 Å². The average Bonchev–Trinajstić information content (AvgIpc) is 2.93. The molecule has 1 unspecified atom stereocenters. The van der Waals surface area contributed by atoms with Gasteiger partial charge < -0.3 is 10.2 Å². The summed E-state index contributed by atoms with van der Waals surface area (Å²) in [4.78, 5) is 13.8. The summed E-state index contributed by atoms with van der Waals surface area (Å²) in [6.45, 7) is 8.65. The molecule has 1 aliphatic rings. The van der Waals surface area contributed by atoms with Gasteiger partial charge in [0.1, 0.15) is 5.82 Å². The van der Waals surface area contributed by atoms with Crippen LogP contribution in [0.2, 0.25) is 0 Å². The molecule has 1 aromatic rings. The third kappa shape index (κ3) is 4.30. The Morgan fingerprint density at radius 3 is 3.00 bits per heavy atom. The van der Waals surface area contributed by atoms with Crippen LogP contribution in [0, 0.1) is 0 Å². The van der Waals surface area contributed by atoms with Crippen molar-refractivity contribution in [1.82, 2.24) is 14.9 Å². The van der Waals surface area contributed by atoms with Crippen LogP contribution < -0.4 is 10.2 Å². The zero-order valence-electron chi connectivity index (χ0n) is 13.3. The average molecular weight is 356 g/mol. The molecule has 1 aromatic heterocycles. The first-order chi connectivity index (χ1) is 10.2. The van der Waals surface area contributed by atoms with Crippen LogP contribution in [-0.2, 0) is 0 Å². The number of likely N-dealkylation sites (N-methyl/N-ethyl adjacent to an activating group) is 2. The van der Waals surface area contributed by atoms with Gasteiger partial charge in [-0.1, -0.05) is 13.8 Å². The summed E-state index contributed by atoms with van der Waals surface area (Å²) in [6.07, 6.45) is 5.49. The van der Waals surface area contributed by atoms with Gasteiger partial charge in [-0.05, 0) is 48.3 Å². The molecule has 1 saturated heterocycles. The predicted octanol–water partition coefficient (Wildman–Crippen LogP) is 2.98. The molecule has 6 heteroatoms. The molecule has 0 amide bonds. The molecule has 0 saturated carbocycles. The van der Waals surface area contributed by atoms with Gasteiger partial charge >= 0.3 is 0 Å². The smallest absolute Gasteiger partial charge is 0.224 e. The third-order valence-electron chi connectivity index (χ3n) is 4.01. The Labute approximate surface area is 136 Å². The highest BCUT2D eigenvalue weighted by molar-refractivity contribution is 9.10. The number of halogens is 1. The van der Waals surface area contributed by atoms with E-state index >= 15 is 0 Å². The summed E-state index contributed by atoms with van der Waals surface area (Å²) < 4.78 is 0.952. The molecule has 0 radical (unpaired) electrons. The first kappa shape index (κ1) is 16.5. The van der Waals surface area contributed by atoms with Crippen molar-refractivity contribution in [2.45, 2.75) is 39.2 Å². The molecule has 5 nitrogen and oxygen atoms in total. The fourth-order valence-electron chi connectivity index (χ4n) is 2.87. The standard InChI is InChI=1S/C15H26BrN5/c1-4-8-17-15-18-10-13(16)14(19-15)20(3)11-12-7-6-9-21(12)5-2/h10,12H,4-9,11H2,1-3H3,(H,17,18,19). The van der Waals surface area contributed by atoms with Crippen molar-refractivity contribution in [3.05, 3.63) is 10.7 Å². The summed E-state index contributed by atoms with van der Waals surface area (Å²) in [5.74, 6) is 1.67. The number of hydrogen-bond acceptors (Lipinski definition) is 5. The zero-order chi connectivity index (χ0) is 15.2. The summed E-state index contributed by atoms with van der Waals surface area (Å²) in [5, 5.41) is 3.25. The predicted molar refractivity (Wildman–Crippen MR) is 92.1 cm³/mol. The number of likely N-dealkylation sites (tertiary alicyclic amines) is 1. The van der Waals surface area contributed by atoms with Crippen LogP contribution in [-0.4, -0.2) is 54.1 Å². The molecule has 1 fully saturated rings. The van der Waals surface area contributed by atoms with Gasteiger partial charge in [-0.15, -0.1) is 0 Å². The minimum atomic E-state index is 0.633. The number of rotatable bonds is 7. The minimum Gasteiger partial charge on any atom is -0.357 e. The molecule has 0 aliphatic carbocycles. The Morgan fingerprint density at radius 1 is 1.48 bits per heavy atom. The quantitative estimate of drug-likeness (QED) is 0.814. The Hall–Kier alpha value is -0.880. The van der Waals surface area contributed by atoms with Gasteiger partial charge in [-0.3, -0.25) is 4.90 Å². The van der Waals surface area contributed by atoms with Crippen LogP contribution >= 0.6 is 15.9 Å². The number of nitrogens with one attached hydrogen (secondary N) is 1. The fourth-order valence-corrected chi connectivity index (χ4v) is 3.36. The van der Waals surface area contributed by atoms with E-state index in [4.69, 9.17) is 0 Å². The second-order valence-electron chi connectivity index (χ2n) is 5.60. The molecule has 0 spiro atoms. The fraction of sp³-hybridized carbons (Fsp3) is 0.733. The van der Waals surface area contributed by atoms with Crippen LogP contribution in [0.1, 0.15) is 33.1 Å². The highest BCUT2D eigenvalue weighted by atomic mass is 79.9. The number of anilines is 2. The zero-order valence-corrected chi connectivity index (χ0v) is 14.9. The monoisotopic (exact) mass is 355 g/mol. The molecule has 1 N–H and O–H groups in total. The molecule has 0 bridgehead atoms. The van der Waals surface area contributed by atoms with E-state index < -0.39 is 0 Å². The molecule has 1 atom stereocenters. The van der Waals surface area contributed by atoms with Crippen molar-refractivity contribution in [3.63, 3.8) is 0 Å². The Bertz CT molecular complexity index is 454. The topological polar surface area (TPSA) is 44.3 Å². The maximum absolute atomic E-state index is 4.64. The van der Waals surface area contributed by atoms with E-state index in [0.717, 1.165) is 36.3 Å². The Balaban J connectivity index is 2.05. The summed E-state index contributed by atoms with van der Waals surface area (Å²) in [5.41, 5.74) is 0. The first-order valence-corrected chi connectivity index (χ1v) is 8.66. The molecular weight excluding hydrogens is 330 g/mol. The molecule has 2 heterocycles. The highest BCUT2D eigenvalue weighted by Gasteiger charge is 2.25. The summed E-state index contributed by atoms with van der Waals surface area (Å²) >= 11 is 3.57. The SMILES string of the molecule is CCCNc1ncc(Br)c(N(C)CC2CCCN2CC)n1. The maximum atomic E-state index is 4.64. The van der Waals surface area contributed by atoms with E-state index in [1.165, 1.54) is 19.4 Å². The molecule has 1 aliphatic heterocycles. The van der Waals surface area contributed by atoms with Crippen molar-refractivity contribution in [2.24, 2.45) is 0 Å². The van der Waals surface area contributed by atoms with Crippen molar-refractivity contribution >= 4 is 27.7 Å². The van der Waals surface area contributed by atoms with Crippen molar-refractivity contribution in [2.75, 3.05) is 43.4 Å². The Morgan fingerprint density at radius 2 is 2.29 bits per heavy atom. The Kier molecular flexibility index (Phi) is 6.23. The second kappa shape index (κ2) is 7.94. The van der Waals surface area contributed by atoms with E-state index in [0.29, 0.717) is 12.0 Å². The van der Waals surface area contributed by atoms with Crippen molar-refractivity contribution in [1.29, 1.82) is 0 Å². The van der Waals surface area contributed by atoms with Crippen LogP contribution in [0.5, 0.6) is 0 Å². The van der Waals surface area contributed by atoms with E-state index in [9.17, 15) is 0 Å². The van der Waals surface area contributed by atoms with Gasteiger partial charge in [0.2, 0.25) is 5.95 Å². The van der Waals surface area contributed by atoms with Gasteiger partial charge in [-0.25, -0.2) is 4.98 Å². The number of nitrogens with zero attached hydrogens (tertiary/aromatic N) is 4.